The summed E-state index contributed by atoms with van der Waals surface area (Å²) in [6, 6.07) is 3.35. The van der Waals surface area contributed by atoms with E-state index in [0.717, 1.165) is 0 Å². The average Bonchev–Trinajstić information content (AvgIpc) is 2.25. The molecule has 0 unspecified atom stereocenters. The van der Waals surface area contributed by atoms with Gasteiger partial charge in [-0.2, -0.15) is 0 Å². The first-order valence-corrected chi connectivity index (χ1v) is 6.68. The number of ether oxygens (including phenoxy) is 1. The van der Waals surface area contributed by atoms with Gasteiger partial charge >= 0.3 is 0 Å². The molecule has 0 radical (unpaired) electrons. The van der Waals surface area contributed by atoms with Gasteiger partial charge in [0.15, 0.2) is 5.75 Å². The molecule has 0 aliphatic heterocycles. The van der Waals surface area contributed by atoms with E-state index in [2.05, 4.69) is 21.2 Å². The van der Waals surface area contributed by atoms with E-state index in [1.165, 1.54) is 7.11 Å². The second kappa shape index (κ2) is 7.09. The molecule has 17 heavy (non-hydrogen) atoms. The monoisotopic (exact) mass is 339 g/mol. The van der Waals surface area contributed by atoms with E-state index in [0.29, 0.717) is 39.7 Å². The molecule has 0 bridgehead atoms. The number of rotatable bonds is 5. The quantitative estimate of drug-likeness (QED) is 0.820. The van der Waals surface area contributed by atoms with Crippen LogP contribution in [0.1, 0.15) is 12.8 Å². The number of carbonyl (C=O) groups excluding carboxylic acids is 1. The number of halogens is 3. The molecule has 0 fully saturated rings. The van der Waals surface area contributed by atoms with Crippen LogP contribution in [0, 0.1) is 0 Å². The molecule has 0 aromatic heterocycles. The van der Waals surface area contributed by atoms with Crippen molar-refractivity contribution in [3.05, 3.63) is 21.6 Å². The fraction of sp³-hybridized carbons (Fsp3) is 0.364. The summed E-state index contributed by atoms with van der Waals surface area (Å²) < 4.78 is 5.88. The zero-order valence-corrected chi connectivity index (χ0v) is 12.3. The standard InChI is InChI=1S/C11H12BrCl2NO2/c1-17-11-8(12)5-7(14)6-9(11)15-10(16)3-2-4-13/h5-6H,2-4H2,1H3,(H,15,16). The molecule has 0 atom stereocenters. The number of anilines is 1. The van der Waals surface area contributed by atoms with Gasteiger partial charge in [0.2, 0.25) is 5.91 Å². The van der Waals surface area contributed by atoms with Gasteiger partial charge in [0.05, 0.1) is 17.3 Å². The topological polar surface area (TPSA) is 38.3 Å². The van der Waals surface area contributed by atoms with Crippen LogP contribution in [0.25, 0.3) is 0 Å². The van der Waals surface area contributed by atoms with Gasteiger partial charge in [-0.25, -0.2) is 0 Å². The van der Waals surface area contributed by atoms with E-state index >= 15 is 0 Å². The Hall–Kier alpha value is -0.450. The van der Waals surface area contributed by atoms with Crippen LogP contribution in [0.5, 0.6) is 5.75 Å². The molecule has 0 aliphatic carbocycles. The van der Waals surface area contributed by atoms with Crippen LogP contribution < -0.4 is 10.1 Å². The summed E-state index contributed by atoms with van der Waals surface area (Å²) in [4.78, 5) is 11.6. The van der Waals surface area contributed by atoms with E-state index in [-0.39, 0.29) is 5.91 Å². The summed E-state index contributed by atoms with van der Waals surface area (Å²) in [5.41, 5.74) is 0.548. The first-order chi connectivity index (χ1) is 8.08. The van der Waals surface area contributed by atoms with Crippen molar-refractivity contribution in [2.24, 2.45) is 0 Å². The average molecular weight is 341 g/mol. The molecular weight excluding hydrogens is 329 g/mol. The molecule has 0 saturated heterocycles. The normalized spacial score (nSPS) is 10.1. The maximum absolute atomic E-state index is 11.6. The summed E-state index contributed by atoms with van der Waals surface area (Å²) in [6.45, 7) is 0. The van der Waals surface area contributed by atoms with Crippen molar-refractivity contribution in [3.8, 4) is 5.75 Å². The third-order valence-corrected chi connectivity index (χ3v) is 3.10. The minimum atomic E-state index is -0.113. The van der Waals surface area contributed by atoms with Gasteiger partial charge in [0, 0.05) is 17.3 Å². The summed E-state index contributed by atoms with van der Waals surface area (Å²) >= 11 is 14.8. The highest BCUT2D eigenvalue weighted by Crippen LogP contribution is 2.36. The zero-order valence-electron chi connectivity index (χ0n) is 9.23. The van der Waals surface area contributed by atoms with E-state index in [4.69, 9.17) is 27.9 Å². The van der Waals surface area contributed by atoms with Crippen LogP contribution in [0.2, 0.25) is 5.02 Å². The molecule has 0 spiro atoms. The Morgan fingerprint density at radius 1 is 1.53 bits per heavy atom. The summed E-state index contributed by atoms with van der Waals surface area (Å²) in [7, 11) is 1.53. The molecule has 1 amide bonds. The number of nitrogens with one attached hydrogen (secondary N) is 1. The third-order valence-electron chi connectivity index (χ3n) is 2.02. The lowest BCUT2D eigenvalue weighted by Gasteiger charge is -2.12. The molecule has 6 heteroatoms. The van der Waals surface area contributed by atoms with Crippen molar-refractivity contribution in [1.82, 2.24) is 0 Å². The predicted octanol–water partition coefficient (Wildman–Crippen LogP) is 4.07. The lowest BCUT2D eigenvalue weighted by atomic mass is 10.2. The van der Waals surface area contributed by atoms with Crippen LogP contribution in [0.4, 0.5) is 5.69 Å². The van der Waals surface area contributed by atoms with Crippen molar-refractivity contribution in [2.45, 2.75) is 12.8 Å². The van der Waals surface area contributed by atoms with E-state index in [9.17, 15) is 4.79 Å². The van der Waals surface area contributed by atoms with Crippen LogP contribution >= 0.6 is 39.1 Å². The van der Waals surface area contributed by atoms with Gasteiger partial charge in [-0.1, -0.05) is 11.6 Å². The Bertz CT molecular complexity index is 413. The van der Waals surface area contributed by atoms with E-state index < -0.39 is 0 Å². The fourth-order valence-electron chi connectivity index (χ4n) is 1.30. The Balaban J connectivity index is 2.85. The maximum Gasteiger partial charge on any atom is 0.224 e. The molecule has 0 saturated carbocycles. The van der Waals surface area contributed by atoms with Crippen LogP contribution in [-0.4, -0.2) is 18.9 Å². The number of hydrogen-bond donors (Lipinski definition) is 1. The molecule has 1 aromatic rings. The highest BCUT2D eigenvalue weighted by atomic mass is 79.9. The lowest BCUT2D eigenvalue weighted by molar-refractivity contribution is -0.116. The first kappa shape index (κ1) is 14.6. The molecule has 0 heterocycles. The highest BCUT2D eigenvalue weighted by Gasteiger charge is 2.11. The van der Waals surface area contributed by atoms with Crippen molar-refractivity contribution in [2.75, 3.05) is 18.3 Å². The molecule has 1 N–H and O–H groups in total. The molecule has 3 nitrogen and oxygen atoms in total. The Morgan fingerprint density at radius 2 is 2.24 bits per heavy atom. The fourth-order valence-corrected chi connectivity index (χ4v) is 2.41. The number of methoxy groups -OCH3 is 1. The van der Waals surface area contributed by atoms with Crippen LogP contribution in [0.3, 0.4) is 0 Å². The largest absolute Gasteiger partial charge is 0.493 e. The number of alkyl halides is 1. The number of hydrogen-bond acceptors (Lipinski definition) is 2. The van der Waals surface area contributed by atoms with Crippen molar-refractivity contribution < 1.29 is 9.53 Å². The summed E-state index contributed by atoms with van der Waals surface area (Å²) in [5, 5.41) is 3.26. The molecule has 0 aliphatic rings. The molecule has 94 valence electrons. The Kier molecular flexibility index (Phi) is 6.09. The highest BCUT2D eigenvalue weighted by molar-refractivity contribution is 9.10. The maximum atomic E-state index is 11.6. The Labute approximate surface area is 119 Å². The van der Waals surface area contributed by atoms with Gasteiger partial charge < -0.3 is 10.1 Å². The smallest absolute Gasteiger partial charge is 0.224 e. The van der Waals surface area contributed by atoms with Crippen LogP contribution in [0.15, 0.2) is 16.6 Å². The minimum Gasteiger partial charge on any atom is -0.493 e. The second-order valence-electron chi connectivity index (χ2n) is 3.31. The van der Waals surface area contributed by atoms with E-state index in [1.54, 1.807) is 12.1 Å². The Morgan fingerprint density at radius 3 is 2.82 bits per heavy atom. The number of benzene rings is 1. The van der Waals surface area contributed by atoms with Crippen molar-refractivity contribution >= 4 is 50.7 Å². The molecule has 1 rings (SSSR count). The molecule has 1 aromatic carbocycles. The first-order valence-electron chi connectivity index (χ1n) is 4.97. The lowest BCUT2D eigenvalue weighted by Crippen LogP contribution is -2.12. The van der Waals surface area contributed by atoms with Gasteiger partial charge in [-0.15, -0.1) is 11.6 Å². The summed E-state index contributed by atoms with van der Waals surface area (Å²) in [6.07, 6.45) is 1.01. The predicted molar refractivity (Wildman–Crippen MR) is 74.3 cm³/mol. The van der Waals surface area contributed by atoms with Gasteiger partial charge in [-0.3, -0.25) is 4.79 Å². The molecular formula is C11H12BrCl2NO2. The van der Waals surface area contributed by atoms with Crippen LogP contribution in [-0.2, 0) is 4.79 Å². The summed E-state index contributed by atoms with van der Waals surface area (Å²) in [5.74, 6) is 0.899. The van der Waals surface area contributed by atoms with E-state index in [1.807, 2.05) is 0 Å². The van der Waals surface area contributed by atoms with Crippen molar-refractivity contribution in [1.29, 1.82) is 0 Å². The number of amides is 1. The van der Waals surface area contributed by atoms with Gasteiger partial charge in [0.1, 0.15) is 0 Å². The number of carbonyl (C=O) groups is 1. The third kappa shape index (κ3) is 4.37. The SMILES string of the molecule is COc1c(Br)cc(Cl)cc1NC(=O)CCCCl. The van der Waals surface area contributed by atoms with Crippen molar-refractivity contribution in [3.63, 3.8) is 0 Å². The van der Waals surface area contributed by atoms with Gasteiger partial charge in [0.25, 0.3) is 0 Å². The zero-order chi connectivity index (χ0) is 12.8. The minimum absolute atomic E-state index is 0.113. The van der Waals surface area contributed by atoms with Gasteiger partial charge in [-0.05, 0) is 34.5 Å². The second-order valence-corrected chi connectivity index (χ2v) is 4.98.